The summed E-state index contributed by atoms with van der Waals surface area (Å²) >= 11 is 6.90. The second-order valence-electron chi connectivity index (χ2n) is 4.39. The lowest BCUT2D eigenvalue weighted by Gasteiger charge is -2.13. The number of benzene rings is 1. The van der Waals surface area contributed by atoms with Crippen LogP contribution in [0.25, 0.3) is 0 Å². The van der Waals surface area contributed by atoms with Crippen molar-refractivity contribution in [2.75, 3.05) is 0 Å². The first-order chi connectivity index (χ1) is 10.5. The van der Waals surface area contributed by atoms with Gasteiger partial charge >= 0.3 is 12.1 Å². The molecule has 0 aliphatic heterocycles. The van der Waals surface area contributed by atoms with E-state index in [4.69, 9.17) is 21.4 Å². The molecule has 1 amide bonds. The Morgan fingerprint density at radius 3 is 2.68 bits per heavy atom. The second kappa shape index (κ2) is 7.77. The number of aromatic nitrogens is 1. The zero-order valence-corrected chi connectivity index (χ0v) is 12.9. The van der Waals surface area contributed by atoms with Gasteiger partial charge in [-0.2, -0.15) is 0 Å². The number of aliphatic carboxylic acids is 1. The Labute approximate surface area is 135 Å². The molecule has 1 unspecified atom stereocenters. The fourth-order valence-corrected chi connectivity index (χ4v) is 2.49. The maximum absolute atomic E-state index is 11.7. The topological polar surface area (TPSA) is 88.5 Å². The molecule has 8 heteroatoms. The van der Waals surface area contributed by atoms with E-state index in [9.17, 15) is 9.59 Å². The molecule has 116 valence electrons. The van der Waals surface area contributed by atoms with Crippen LogP contribution in [0.1, 0.15) is 11.3 Å². The number of halogens is 1. The van der Waals surface area contributed by atoms with Gasteiger partial charge in [0.25, 0.3) is 0 Å². The van der Waals surface area contributed by atoms with Gasteiger partial charge in [-0.05, 0) is 5.56 Å². The number of nitrogens with one attached hydrogen (secondary N) is 1. The number of carboxylic acid groups (broad SMARTS) is 1. The fourth-order valence-electron chi connectivity index (χ4n) is 1.69. The predicted octanol–water partition coefficient (Wildman–Crippen LogP) is 2.72. The summed E-state index contributed by atoms with van der Waals surface area (Å²) in [6.07, 6.45) is -0.753. The van der Waals surface area contributed by atoms with Crippen LogP contribution in [0.4, 0.5) is 4.79 Å². The zero-order valence-electron chi connectivity index (χ0n) is 11.4. The van der Waals surface area contributed by atoms with Crippen LogP contribution < -0.4 is 5.32 Å². The van der Waals surface area contributed by atoms with Gasteiger partial charge in [-0.25, -0.2) is 14.6 Å². The van der Waals surface area contributed by atoms with Gasteiger partial charge in [-0.3, -0.25) is 0 Å². The van der Waals surface area contributed by atoms with Crippen LogP contribution in [0.5, 0.6) is 0 Å². The second-order valence-corrected chi connectivity index (χ2v) is 5.83. The number of rotatable bonds is 6. The molecule has 0 aliphatic rings. The lowest BCUT2D eigenvalue weighted by atomic mass is 10.2. The number of alkyl carbamates (subject to hydrolysis) is 1. The summed E-state index contributed by atoms with van der Waals surface area (Å²) in [5, 5.41) is 13.1. The van der Waals surface area contributed by atoms with E-state index in [1.54, 1.807) is 17.5 Å². The minimum atomic E-state index is -1.17. The summed E-state index contributed by atoms with van der Waals surface area (Å²) in [5.41, 5.74) is 1.32. The number of amides is 1. The van der Waals surface area contributed by atoms with E-state index < -0.39 is 18.1 Å². The Morgan fingerprint density at radius 1 is 1.36 bits per heavy atom. The third-order valence-corrected chi connectivity index (χ3v) is 3.77. The van der Waals surface area contributed by atoms with Crippen molar-refractivity contribution in [1.82, 2.24) is 10.3 Å². The van der Waals surface area contributed by atoms with Crippen molar-refractivity contribution in [3.8, 4) is 0 Å². The van der Waals surface area contributed by atoms with Crippen LogP contribution in [0.15, 0.2) is 35.7 Å². The number of carbonyl (C=O) groups excluding carboxylic acids is 1. The van der Waals surface area contributed by atoms with Crippen molar-refractivity contribution in [3.05, 3.63) is 51.4 Å². The minimum Gasteiger partial charge on any atom is -0.480 e. The normalized spacial score (nSPS) is 11.7. The van der Waals surface area contributed by atoms with Crippen molar-refractivity contribution in [2.45, 2.75) is 19.1 Å². The molecule has 6 nitrogen and oxygen atoms in total. The van der Waals surface area contributed by atoms with E-state index in [0.717, 1.165) is 5.56 Å². The molecule has 2 aromatic rings. The van der Waals surface area contributed by atoms with Crippen molar-refractivity contribution < 1.29 is 19.4 Å². The van der Waals surface area contributed by atoms with E-state index in [1.807, 2.05) is 18.2 Å². The molecule has 1 aromatic carbocycles. The molecule has 1 aromatic heterocycles. The molecule has 0 radical (unpaired) electrons. The Kier molecular flexibility index (Phi) is 5.74. The lowest BCUT2D eigenvalue weighted by molar-refractivity contribution is -0.139. The molecule has 1 heterocycles. The lowest BCUT2D eigenvalue weighted by Crippen LogP contribution is -2.42. The van der Waals surface area contributed by atoms with Gasteiger partial charge in [0.15, 0.2) is 4.47 Å². The fraction of sp³-hybridized carbons (Fsp3) is 0.214. The van der Waals surface area contributed by atoms with Crippen molar-refractivity contribution in [3.63, 3.8) is 0 Å². The maximum atomic E-state index is 11.7. The highest BCUT2D eigenvalue weighted by Gasteiger charge is 2.22. The number of ether oxygens (including phenoxy) is 1. The Morgan fingerprint density at radius 2 is 2.09 bits per heavy atom. The largest absolute Gasteiger partial charge is 0.480 e. The van der Waals surface area contributed by atoms with Gasteiger partial charge in [0.2, 0.25) is 0 Å². The van der Waals surface area contributed by atoms with E-state index >= 15 is 0 Å². The summed E-state index contributed by atoms with van der Waals surface area (Å²) in [5.74, 6) is -1.17. The van der Waals surface area contributed by atoms with Crippen molar-refractivity contribution in [1.29, 1.82) is 0 Å². The number of carboxylic acids is 1. The van der Waals surface area contributed by atoms with Crippen LogP contribution in [0, 0.1) is 0 Å². The number of carbonyl (C=O) groups is 2. The highest BCUT2D eigenvalue weighted by Crippen LogP contribution is 2.16. The summed E-state index contributed by atoms with van der Waals surface area (Å²) in [7, 11) is 0. The molecule has 22 heavy (non-hydrogen) atoms. The summed E-state index contributed by atoms with van der Waals surface area (Å²) in [6, 6.07) is 7.98. The summed E-state index contributed by atoms with van der Waals surface area (Å²) in [6.45, 7) is 0.0710. The molecule has 0 saturated carbocycles. The van der Waals surface area contributed by atoms with Crippen LogP contribution >= 0.6 is 22.9 Å². The average Bonchev–Trinajstić information content (AvgIpc) is 2.91. The van der Waals surface area contributed by atoms with E-state index in [0.29, 0.717) is 10.2 Å². The Hall–Kier alpha value is -2.12. The number of hydrogen-bond acceptors (Lipinski definition) is 5. The third-order valence-electron chi connectivity index (χ3n) is 2.74. The first-order valence-corrected chi connectivity index (χ1v) is 7.60. The van der Waals surface area contributed by atoms with Crippen molar-refractivity contribution in [2.24, 2.45) is 0 Å². The molecular weight excluding hydrogens is 328 g/mol. The zero-order chi connectivity index (χ0) is 15.9. The maximum Gasteiger partial charge on any atom is 0.408 e. The monoisotopic (exact) mass is 340 g/mol. The standard InChI is InChI=1S/C14H13ClN2O4S/c15-13-16-10(8-22-13)6-11(12(18)19)17-14(20)21-7-9-4-2-1-3-5-9/h1-5,8,11H,6-7H2,(H,17,20)(H,18,19). The smallest absolute Gasteiger partial charge is 0.408 e. The molecule has 0 saturated heterocycles. The van der Waals surface area contributed by atoms with Gasteiger partial charge in [-0.15, -0.1) is 11.3 Å². The molecule has 2 rings (SSSR count). The van der Waals surface area contributed by atoms with E-state index in [2.05, 4.69) is 10.3 Å². The van der Waals surface area contributed by atoms with E-state index in [-0.39, 0.29) is 13.0 Å². The minimum absolute atomic E-state index is 0.0407. The summed E-state index contributed by atoms with van der Waals surface area (Å²) < 4.78 is 5.32. The summed E-state index contributed by atoms with van der Waals surface area (Å²) in [4.78, 5) is 26.8. The van der Waals surface area contributed by atoms with Crippen LogP contribution in [-0.4, -0.2) is 28.2 Å². The number of hydrogen-bond donors (Lipinski definition) is 2. The first kappa shape index (κ1) is 16.3. The quantitative estimate of drug-likeness (QED) is 0.844. The highest BCUT2D eigenvalue weighted by atomic mass is 35.5. The van der Waals surface area contributed by atoms with Crippen LogP contribution in [-0.2, 0) is 22.6 Å². The highest BCUT2D eigenvalue weighted by molar-refractivity contribution is 7.13. The molecule has 0 aliphatic carbocycles. The third kappa shape index (κ3) is 5.01. The SMILES string of the molecule is O=C(NC(Cc1csc(Cl)n1)C(=O)O)OCc1ccccc1. The van der Waals surface area contributed by atoms with Gasteiger partial charge in [0.05, 0.1) is 5.69 Å². The molecule has 2 N–H and O–H groups in total. The molecular formula is C14H13ClN2O4S. The average molecular weight is 341 g/mol. The Bertz CT molecular complexity index is 647. The van der Waals surface area contributed by atoms with Crippen molar-refractivity contribution >= 4 is 35.0 Å². The van der Waals surface area contributed by atoms with Gasteiger partial charge in [-0.1, -0.05) is 41.9 Å². The first-order valence-electron chi connectivity index (χ1n) is 6.34. The number of nitrogens with zero attached hydrogens (tertiary/aromatic N) is 1. The van der Waals surface area contributed by atoms with Gasteiger partial charge in [0, 0.05) is 11.8 Å². The number of thiazole rings is 1. The van der Waals surface area contributed by atoms with E-state index in [1.165, 1.54) is 11.3 Å². The molecule has 1 atom stereocenters. The van der Waals surface area contributed by atoms with Gasteiger partial charge < -0.3 is 15.2 Å². The molecule has 0 spiro atoms. The molecule has 0 fully saturated rings. The predicted molar refractivity (Wildman–Crippen MR) is 82.0 cm³/mol. The van der Waals surface area contributed by atoms with Crippen LogP contribution in [0.3, 0.4) is 0 Å². The van der Waals surface area contributed by atoms with Crippen LogP contribution in [0.2, 0.25) is 4.47 Å². The Balaban J connectivity index is 1.87. The van der Waals surface area contributed by atoms with Gasteiger partial charge in [0.1, 0.15) is 12.6 Å². The molecule has 0 bridgehead atoms.